The molecule has 72 valence electrons. The molecule has 0 fully saturated rings. The zero-order chi connectivity index (χ0) is 9.84. The molecule has 2 N–H and O–H groups in total. The lowest BCUT2D eigenvalue weighted by molar-refractivity contribution is 0.309. The van der Waals surface area contributed by atoms with Gasteiger partial charge in [0.05, 0.1) is 0 Å². The average molecular weight is 187 g/mol. The zero-order valence-corrected chi connectivity index (χ0v) is 7.31. The number of hydrogen-bond donors (Lipinski definition) is 1. The number of rotatable bonds is 3. The number of nitrogens with two attached hydrogens (primary N) is 1. The minimum absolute atomic E-state index is 0.0893. The molecule has 0 unspecified atom stereocenters. The van der Waals surface area contributed by atoms with Crippen LogP contribution < -0.4 is 10.5 Å². The summed E-state index contributed by atoms with van der Waals surface area (Å²) in [4.78, 5) is 0. The third-order valence-electron chi connectivity index (χ3n) is 1.59. The van der Waals surface area contributed by atoms with E-state index in [1.165, 1.54) is 6.92 Å². The van der Waals surface area contributed by atoms with Crippen molar-refractivity contribution in [1.82, 2.24) is 0 Å². The van der Waals surface area contributed by atoms with Crippen LogP contribution in [0.25, 0.3) is 0 Å². The highest BCUT2D eigenvalue weighted by Gasteiger charge is 2.07. The number of ether oxygens (including phenoxy) is 1. The molecular weight excluding hydrogens is 176 g/mol. The maximum absolute atomic E-state index is 13.0. The van der Waals surface area contributed by atoms with E-state index in [4.69, 9.17) is 10.5 Å². The molecule has 0 aliphatic carbocycles. The van der Waals surface area contributed by atoms with Crippen molar-refractivity contribution in [1.29, 1.82) is 0 Å². The molecule has 1 rings (SSSR count). The van der Waals surface area contributed by atoms with E-state index in [-0.39, 0.29) is 24.5 Å². The predicted octanol–water partition coefficient (Wildman–Crippen LogP) is 1.61. The van der Waals surface area contributed by atoms with Crippen LogP contribution in [0.5, 0.6) is 5.75 Å². The molecule has 0 saturated carbocycles. The molecule has 0 aliphatic rings. The monoisotopic (exact) mass is 187 g/mol. The fourth-order valence-electron chi connectivity index (χ4n) is 0.908. The van der Waals surface area contributed by atoms with Crippen LogP contribution in [0.15, 0.2) is 12.1 Å². The number of benzene rings is 1. The first kappa shape index (κ1) is 9.92. The van der Waals surface area contributed by atoms with Crippen LogP contribution in [-0.4, -0.2) is 13.2 Å². The van der Waals surface area contributed by atoms with Crippen LogP contribution in [0.3, 0.4) is 0 Å². The minimum Gasteiger partial charge on any atom is -0.489 e. The summed E-state index contributed by atoms with van der Waals surface area (Å²) in [6, 6.07) is 2.13. The van der Waals surface area contributed by atoms with Crippen molar-refractivity contribution in [3.8, 4) is 5.75 Å². The van der Waals surface area contributed by atoms with Gasteiger partial charge in [-0.2, -0.15) is 0 Å². The van der Waals surface area contributed by atoms with Gasteiger partial charge in [0.1, 0.15) is 12.4 Å². The Morgan fingerprint density at radius 2 is 2.00 bits per heavy atom. The second kappa shape index (κ2) is 4.18. The lowest BCUT2D eigenvalue weighted by Crippen LogP contribution is -2.11. The molecule has 0 spiro atoms. The summed E-state index contributed by atoms with van der Waals surface area (Å²) in [5, 5.41) is 0. The van der Waals surface area contributed by atoms with Gasteiger partial charge in [-0.15, -0.1) is 0 Å². The highest BCUT2D eigenvalue weighted by atomic mass is 19.1. The van der Waals surface area contributed by atoms with Crippen molar-refractivity contribution in [3.05, 3.63) is 29.3 Å². The largest absolute Gasteiger partial charge is 0.489 e. The van der Waals surface area contributed by atoms with Crippen molar-refractivity contribution in [2.24, 2.45) is 5.73 Å². The third-order valence-corrected chi connectivity index (χ3v) is 1.59. The van der Waals surface area contributed by atoms with Gasteiger partial charge in [0.25, 0.3) is 0 Å². The SMILES string of the molecule is Cc1cc(F)c(OCCN)cc1F. The van der Waals surface area contributed by atoms with Gasteiger partial charge in [0.15, 0.2) is 11.6 Å². The first-order chi connectivity index (χ1) is 6.15. The van der Waals surface area contributed by atoms with Crippen LogP contribution in [0.1, 0.15) is 5.56 Å². The van der Waals surface area contributed by atoms with Gasteiger partial charge in [-0.05, 0) is 18.6 Å². The quantitative estimate of drug-likeness (QED) is 0.780. The molecule has 0 amide bonds. The summed E-state index contributed by atoms with van der Waals surface area (Å²) >= 11 is 0. The van der Waals surface area contributed by atoms with Crippen molar-refractivity contribution >= 4 is 0 Å². The Balaban J connectivity index is 2.88. The van der Waals surface area contributed by atoms with Crippen molar-refractivity contribution in [3.63, 3.8) is 0 Å². The topological polar surface area (TPSA) is 35.2 Å². The van der Waals surface area contributed by atoms with Crippen LogP contribution in [-0.2, 0) is 0 Å². The molecule has 13 heavy (non-hydrogen) atoms. The average Bonchev–Trinajstić information content (AvgIpc) is 2.09. The maximum atomic E-state index is 13.0. The predicted molar refractivity (Wildman–Crippen MR) is 45.6 cm³/mol. The fourth-order valence-corrected chi connectivity index (χ4v) is 0.908. The van der Waals surface area contributed by atoms with Crippen molar-refractivity contribution < 1.29 is 13.5 Å². The summed E-state index contributed by atoms with van der Waals surface area (Å²) in [6.45, 7) is 1.94. The normalized spacial score (nSPS) is 10.2. The van der Waals surface area contributed by atoms with Crippen LogP contribution in [0.2, 0.25) is 0 Å². The second-order valence-corrected chi connectivity index (χ2v) is 2.67. The van der Waals surface area contributed by atoms with E-state index in [9.17, 15) is 8.78 Å². The summed E-state index contributed by atoms with van der Waals surface area (Å²) < 4.78 is 30.8. The molecule has 0 atom stereocenters. The lowest BCUT2D eigenvalue weighted by Gasteiger charge is -2.06. The molecule has 4 heteroatoms. The number of hydrogen-bond acceptors (Lipinski definition) is 2. The van der Waals surface area contributed by atoms with Gasteiger partial charge in [0.2, 0.25) is 0 Å². The fraction of sp³-hybridized carbons (Fsp3) is 0.333. The molecule has 0 aromatic heterocycles. The minimum atomic E-state index is -0.563. The maximum Gasteiger partial charge on any atom is 0.165 e. The molecule has 1 aromatic carbocycles. The molecular formula is C9H11F2NO. The molecule has 0 radical (unpaired) electrons. The molecule has 0 saturated heterocycles. The standard InChI is InChI=1S/C9H11F2NO/c1-6-4-8(11)9(5-7(6)10)13-3-2-12/h4-5H,2-3,12H2,1H3. The Morgan fingerprint density at radius 1 is 1.31 bits per heavy atom. The molecule has 2 nitrogen and oxygen atoms in total. The van der Waals surface area contributed by atoms with E-state index in [0.29, 0.717) is 0 Å². The zero-order valence-electron chi connectivity index (χ0n) is 7.31. The van der Waals surface area contributed by atoms with Gasteiger partial charge in [-0.25, -0.2) is 8.78 Å². The Morgan fingerprint density at radius 3 is 2.62 bits per heavy atom. The van der Waals surface area contributed by atoms with Crippen LogP contribution >= 0.6 is 0 Å². The summed E-state index contributed by atoms with van der Waals surface area (Å²) in [6.07, 6.45) is 0. The van der Waals surface area contributed by atoms with E-state index in [2.05, 4.69) is 0 Å². The van der Waals surface area contributed by atoms with Gasteiger partial charge < -0.3 is 10.5 Å². The number of aryl methyl sites for hydroxylation is 1. The second-order valence-electron chi connectivity index (χ2n) is 2.67. The van der Waals surface area contributed by atoms with Crippen molar-refractivity contribution in [2.45, 2.75) is 6.92 Å². The Hall–Kier alpha value is -1.16. The van der Waals surface area contributed by atoms with Gasteiger partial charge in [0, 0.05) is 12.6 Å². The van der Waals surface area contributed by atoms with Gasteiger partial charge >= 0.3 is 0 Å². The molecule has 0 heterocycles. The smallest absolute Gasteiger partial charge is 0.165 e. The van der Waals surface area contributed by atoms with Gasteiger partial charge in [-0.1, -0.05) is 0 Å². The Labute approximate surface area is 75.3 Å². The van der Waals surface area contributed by atoms with Crippen LogP contribution in [0, 0.1) is 18.6 Å². The van der Waals surface area contributed by atoms with Crippen LogP contribution in [0.4, 0.5) is 8.78 Å². The van der Waals surface area contributed by atoms with E-state index in [0.717, 1.165) is 12.1 Å². The highest BCUT2D eigenvalue weighted by molar-refractivity contribution is 5.30. The summed E-state index contributed by atoms with van der Waals surface area (Å²) in [5.74, 6) is -1.13. The molecule has 0 aliphatic heterocycles. The lowest BCUT2D eigenvalue weighted by atomic mass is 10.2. The first-order valence-corrected chi connectivity index (χ1v) is 3.93. The summed E-state index contributed by atoms with van der Waals surface area (Å²) in [7, 11) is 0. The first-order valence-electron chi connectivity index (χ1n) is 3.93. The van der Waals surface area contributed by atoms with Crippen molar-refractivity contribution in [2.75, 3.05) is 13.2 Å². The van der Waals surface area contributed by atoms with E-state index in [1.54, 1.807) is 0 Å². The van der Waals surface area contributed by atoms with E-state index >= 15 is 0 Å². The molecule has 1 aromatic rings. The third kappa shape index (κ3) is 2.39. The summed E-state index contributed by atoms with van der Waals surface area (Å²) in [5.41, 5.74) is 5.41. The van der Waals surface area contributed by atoms with E-state index in [1.807, 2.05) is 0 Å². The Kier molecular flexibility index (Phi) is 3.19. The molecule has 0 bridgehead atoms. The van der Waals surface area contributed by atoms with E-state index < -0.39 is 11.6 Å². The Bertz CT molecular complexity index is 302. The highest BCUT2D eigenvalue weighted by Crippen LogP contribution is 2.20. The van der Waals surface area contributed by atoms with Gasteiger partial charge in [-0.3, -0.25) is 0 Å². The number of halogens is 2.